The molecule has 1 saturated heterocycles. The van der Waals surface area contributed by atoms with Crippen molar-refractivity contribution < 1.29 is 13.5 Å². The van der Waals surface area contributed by atoms with Gasteiger partial charge in [0, 0.05) is 19.7 Å². The Morgan fingerprint density at radius 2 is 2.25 bits per heavy atom. The first-order valence-electron chi connectivity index (χ1n) is 6.45. The molecule has 0 amide bonds. The number of aliphatic hydroxyl groups is 1. The van der Waals surface area contributed by atoms with Crippen molar-refractivity contribution in [3.63, 3.8) is 0 Å². The van der Waals surface area contributed by atoms with Crippen molar-refractivity contribution in [2.24, 2.45) is 14.6 Å². The summed E-state index contributed by atoms with van der Waals surface area (Å²) in [4.78, 5) is 0.230. The molecular formula is C12H15N3O3S2. The molecule has 1 fully saturated rings. The first-order valence-corrected chi connectivity index (χ1v) is 8.62. The van der Waals surface area contributed by atoms with Crippen molar-refractivity contribution in [1.29, 1.82) is 0 Å². The van der Waals surface area contributed by atoms with Gasteiger partial charge in [0.1, 0.15) is 16.3 Å². The molecule has 0 aliphatic carbocycles. The summed E-state index contributed by atoms with van der Waals surface area (Å²) in [6, 6.07) is 5.03. The predicted octanol–water partition coefficient (Wildman–Crippen LogP) is 1.81. The van der Waals surface area contributed by atoms with Gasteiger partial charge in [-0.05, 0) is 30.9 Å². The molecule has 8 heteroatoms. The van der Waals surface area contributed by atoms with E-state index in [2.05, 4.69) is 8.73 Å². The third-order valence-corrected chi connectivity index (χ3v) is 6.09. The maximum absolute atomic E-state index is 12.7. The number of rotatable bonds is 4. The molecule has 3 rings (SSSR count). The van der Waals surface area contributed by atoms with Crippen molar-refractivity contribution in [2.75, 3.05) is 19.7 Å². The third-order valence-electron chi connectivity index (χ3n) is 3.65. The van der Waals surface area contributed by atoms with Gasteiger partial charge in [-0.1, -0.05) is 6.07 Å². The van der Waals surface area contributed by atoms with Crippen molar-refractivity contribution in [1.82, 2.24) is 4.31 Å². The SMILES string of the molecule is O=S(=O)(c1cccc2c1N=S=N2)N1CCC(CCO)C1. The summed E-state index contributed by atoms with van der Waals surface area (Å²) < 4.78 is 35.1. The second kappa shape index (κ2) is 5.36. The standard InChI is InChI=1S/C12H15N3O3S2/c16-7-5-9-4-6-15(8-9)20(17,18)11-3-1-2-10-12(11)14-19-13-10/h1-3,9,16H,4-8H2. The summed E-state index contributed by atoms with van der Waals surface area (Å²) in [5, 5.41) is 8.96. The molecule has 1 atom stereocenters. The molecule has 2 heterocycles. The van der Waals surface area contributed by atoms with Crippen molar-refractivity contribution >= 4 is 32.8 Å². The molecule has 2 aliphatic heterocycles. The Hall–Kier alpha value is -1.09. The highest BCUT2D eigenvalue weighted by Crippen LogP contribution is 2.39. The monoisotopic (exact) mass is 313 g/mol. The van der Waals surface area contributed by atoms with E-state index in [0.29, 0.717) is 30.9 Å². The first-order chi connectivity index (χ1) is 9.63. The van der Waals surface area contributed by atoms with Crippen LogP contribution in [0.5, 0.6) is 0 Å². The Morgan fingerprint density at radius 1 is 1.40 bits per heavy atom. The molecule has 1 aromatic rings. The lowest BCUT2D eigenvalue weighted by Gasteiger charge is -2.17. The van der Waals surface area contributed by atoms with Crippen LogP contribution in [0.2, 0.25) is 0 Å². The van der Waals surface area contributed by atoms with Crippen LogP contribution in [0.3, 0.4) is 0 Å². The molecule has 1 unspecified atom stereocenters. The quantitative estimate of drug-likeness (QED) is 0.934. The van der Waals surface area contributed by atoms with E-state index in [4.69, 9.17) is 5.11 Å². The van der Waals surface area contributed by atoms with Gasteiger partial charge in [0.15, 0.2) is 0 Å². The van der Waals surface area contributed by atoms with Crippen molar-refractivity contribution in [3.8, 4) is 0 Å². The van der Waals surface area contributed by atoms with Gasteiger partial charge in [-0.25, -0.2) is 8.42 Å². The van der Waals surface area contributed by atoms with Gasteiger partial charge < -0.3 is 5.11 Å². The van der Waals surface area contributed by atoms with E-state index in [9.17, 15) is 8.42 Å². The zero-order valence-electron chi connectivity index (χ0n) is 10.8. The molecule has 1 aromatic carbocycles. The van der Waals surface area contributed by atoms with Crippen LogP contribution in [-0.4, -0.2) is 37.5 Å². The molecule has 0 radical (unpaired) electrons. The van der Waals surface area contributed by atoms with Crippen LogP contribution in [0.15, 0.2) is 31.8 Å². The molecule has 6 nitrogen and oxygen atoms in total. The molecule has 0 bridgehead atoms. The summed E-state index contributed by atoms with van der Waals surface area (Å²) in [5.74, 6) is 0.238. The largest absolute Gasteiger partial charge is 0.396 e. The molecule has 0 saturated carbocycles. The molecule has 20 heavy (non-hydrogen) atoms. The summed E-state index contributed by atoms with van der Waals surface area (Å²) in [6.07, 6.45) is 1.44. The fraction of sp³-hybridized carbons (Fsp3) is 0.500. The van der Waals surface area contributed by atoms with Gasteiger partial charge in [-0.3, -0.25) is 0 Å². The Kier molecular flexibility index (Phi) is 3.72. The minimum atomic E-state index is -3.53. The van der Waals surface area contributed by atoms with Gasteiger partial charge >= 0.3 is 0 Å². The minimum absolute atomic E-state index is 0.101. The Labute approximate surface area is 121 Å². The lowest BCUT2D eigenvalue weighted by Crippen LogP contribution is -2.29. The molecule has 108 valence electrons. The molecular weight excluding hydrogens is 298 g/mol. The normalized spacial score (nSPS) is 21.9. The van der Waals surface area contributed by atoms with Gasteiger partial charge in [0.2, 0.25) is 10.0 Å². The second-order valence-corrected chi connectivity index (χ2v) is 7.35. The number of sulfonamides is 1. The minimum Gasteiger partial charge on any atom is -0.396 e. The van der Waals surface area contributed by atoms with Crippen LogP contribution >= 0.6 is 0 Å². The second-order valence-electron chi connectivity index (χ2n) is 4.92. The Bertz CT molecular complexity index is 696. The zero-order chi connectivity index (χ0) is 14.2. The molecule has 2 aliphatic rings. The fourth-order valence-corrected chi connectivity index (χ4v) is 4.85. The maximum Gasteiger partial charge on any atom is 0.245 e. The topological polar surface area (TPSA) is 82.3 Å². The van der Waals surface area contributed by atoms with E-state index in [0.717, 1.165) is 17.8 Å². The van der Waals surface area contributed by atoms with E-state index >= 15 is 0 Å². The van der Waals surface area contributed by atoms with E-state index < -0.39 is 10.0 Å². The molecule has 1 N–H and O–H groups in total. The van der Waals surface area contributed by atoms with E-state index in [1.165, 1.54) is 4.31 Å². The molecule has 0 spiro atoms. The average molecular weight is 313 g/mol. The zero-order valence-corrected chi connectivity index (χ0v) is 12.4. The highest BCUT2D eigenvalue weighted by atomic mass is 32.2. The van der Waals surface area contributed by atoms with E-state index in [1.54, 1.807) is 18.2 Å². The van der Waals surface area contributed by atoms with Gasteiger partial charge in [-0.2, -0.15) is 13.0 Å². The maximum atomic E-state index is 12.7. The number of benzene rings is 1. The average Bonchev–Trinajstić information content (AvgIpc) is 3.06. The number of nitrogens with zero attached hydrogens (tertiary/aromatic N) is 3. The first kappa shape index (κ1) is 13.9. The van der Waals surface area contributed by atoms with Crippen molar-refractivity contribution in [3.05, 3.63) is 18.2 Å². The number of hydrogen-bond acceptors (Lipinski definition) is 5. The lowest BCUT2D eigenvalue weighted by atomic mass is 10.1. The van der Waals surface area contributed by atoms with Crippen LogP contribution < -0.4 is 0 Å². The lowest BCUT2D eigenvalue weighted by molar-refractivity contribution is 0.259. The van der Waals surface area contributed by atoms with E-state index in [-0.39, 0.29) is 17.4 Å². The number of hydrogen-bond donors (Lipinski definition) is 1. The summed E-state index contributed by atoms with van der Waals surface area (Å²) in [5.41, 5.74) is 1.06. The van der Waals surface area contributed by atoms with E-state index in [1.807, 2.05) is 0 Å². The van der Waals surface area contributed by atoms with Gasteiger partial charge in [-0.15, -0.1) is 0 Å². The summed E-state index contributed by atoms with van der Waals surface area (Å²) >= 11 is 1.02. The van der Waals surface area contributed by atoms with Gasteiger partial charge in [0.05, 0.1) is 11.4 Å². The Morgan fingerprint density at radius 3 is 3.05 bits per heavy atom. The third kappa shape index (κ3) is 2.32. The predicted molar refractivity (Wildman–Crippen MR) is 76.6 cm³/mol. The highest BCUT2D eigenvalue weighted by molar-refractivity contribution is 7.89. The van der Waals surface area contributed by atoms with Crippen LogP contribution in [0.25, 0.3) is 0 Å². The smallest absolute Gasteiger partial charge is 0.245 e. The van der Waals surface area contributed by atoms with Crippen LogP contribution in [0, 0.1) is 5.92 Å². The van der Waals surface area contributed by atoms with Crippen LogP contribution in [0.1, 0.15) is 12.8 Å². The summed E-state index contributed by atoms with van der Waals surface area (Å²) in [7, 11) is -3.53. The Balaban J connectivity index is 1.91. The highest BCUT2D eigenvalue weighted by Gasteiger charge is 2.34. The fourth-order valence-electron chi connectivity index (χ4n) is 2.56. The number of aliphatic hydroxyl groups excluding tert-OH is 1. The molecule has 0 aromatic heterocycles. The number of fused-ring (bicyclic) bond motifs is 1. The summed E-state index contributed by atoms with van der Waals surface area (Å²) in [6.45, 7) is 1.07. The van der Waals surface area contributed by atoms with Crippen LogP contribution in [0.4, 0.5) is 11.4 Å². The van der Waals surface area contributed by atoms with Crippen LogP contribution in [-0.2, 0) is 21.4 Å². The van der Waals surface area contributed by atoms with Gasteiger partial charge in [0.25, 0.3) is 0 Å². The van der Waals surface area contributed by atoms with Crippen molar-refractivity contribution in [2.45, 2.75) is 17.7 Å².